The minimum atomic E-state index is -1.48. The Hall–Kier alpha value is -5.67. The number of hydrogen-bond acceptors (Lipinski definition) is 12. The molecule has 0 spiro atoms. The van der Waals surface area contributed by atoms with Crippen molar-refractivity contribution in [3.63, 3.8) is 0 Å². The summed E-state index contributed by atoms with van der Waals surface area (Å²) in [5, 5.41) is 0. The van der Waals surface area contributed by atoms with Crippen LogP contribution in [0.25, 0.3) is 0 Å². The van der Waals surface area contributed by atoms with Crippen LogP contribution in [0.2, 0.25) is 0 Å². The molecule has 3 rings (SSSR count). The maximum absolute atomic E-state index is 14.7. The van der Waals surface area contributed by atoms with Crippen LogP contribution in [0.4, 0.5) is 0 Å². The number of ether oxygens (including phenoxy) is 4. The molecule has 1 fully saturated rings. The zero-order valence-electron chi connectivity index (χ0n) is 44.5. The van der Waals surface area contributed by atoms with Crippen LogP contribution in [-0.4, -0.2) is 160 Å². The minimum absolute atomic E-state index is 0.0809. The molecule has 0 aromatic heterocycles. The first-order valence-electron chi connectivity index (χ1n) is 24.6. The highest BCUT2D eigenvalue weighted by Crippen LogP contribution is 2.24. The number of nitrogens with zero attached hydrogens (tertiary/aromatic N) is 4. The standard InChI is InChI=1S/C52H78B2N4O12/c1-29(2)22-39-49(63)67-34(10)46(60)56(12)42(25-32(7)8)52(66)70-44(28-36-16-15-17-38(54)26-36)48(62)58(14)40(23-30(3)4)50(64)68-33(9)45(59)55(11)41(24-31(5)6)51(65)69-43(47(61)57(39)13)27-35-18-20-37(53)21-19-35/h15-21,26,29-34,39-44H,22-25,27-28,53-54H2,1-14H3/t33-,34-,39+,40+,41+,42+,43-,44-/m1/s1. The zero-order chi connectivity index (χ0) is 52.9. The van der Waals surface area contributed by atoms with Crippen LogP contribution in [0.15, 0.2) is 48.5 Å². The lowest BCUT2D eigenvalue weighted by Gasteiger charge is -2.35. The van der Waals surface area contributed by atoms with Gasteiger partial charge in [-0.3, -0.25) is 19.2 Å². The monoisotopic (exact) mass is 973 g/mol. The quantitative estimate of drug-likeness (QED) is 0.172. The van der Waals surface area contributed by atoms with E-state index in [1.165, 1.54) is 42.0 Å². The first-order chi connectivity index (χ1) is 32.6. The van der Waals surface area contributed by atoms with Crippen LogP contribution < -0.4 is 10.9 Å². The van der Waals surface area contributed by atoms with E-state index < -0.39 is 96.1 Å². The van der Waals surface area contributed by atoms with Crippen molar-refractivity contribution in [2.24, 2.45) is 23.7 Å². The summed E-state index contributed by atoms with van der Waals surface area (Å²) in [4.78, 5) is 120. The second kappa shape index (κ2) is 26.5. The van der Waals surface area contributed by atoms with E-state index in [4.69, 9.17) is 18.9 Å². The zero-order valence-corrected chi connectivity index (χ0v) is 44.5. The van der Waals surface area contributed by atoms with Crippen molar-refractivity contribution in [1.82, 2.24) is 19.6 Å². The normalized spacial score (nSPS) is 24.8. The molecule has 0 aliphatic carbocycles. The lowest BCUT2D eigenvalue weighted by Crippen LogP contribution is -2.55. The Morgan fingerprint density at radius 3 is 1.07 bits per heavy atom. The molecule has 0 radical (unpaired) electrons. The van der Waals surface area contributed by atoms with E-state index in [2.05, 4.69) is 0 Å². The Bertz CT molecular complexity index is 2130. The fourth-order valence-electron chi connectivity index (χ4n) is 8.47. The molecule has 8 atom stereocenters. The van der Waals surface area contributed by atoms with Crippen LogP contribution in [-0.2, 0) is 70.1 Å². The third kappa shape index (κ3) is 16.7. The summed E-state index contributed by atoms with van der Waals surface area (Å²) in [5.74, 6) is -7.13. The van der Waals surface area contributed by atoms with Crippen LogP contribution >= 0.6 is 0 Å². The van der Waals surface area contributed by atoms with Crippen molar-refractivity contribution in [2.75, 3.05) is 28.2 Å². The lowest BCUT2D eigenvalue weighted by molar-refractivity contribution is -0.176. The number of cyclic esters (lactones) is 4. The van der Waals surface area contributed by atoms with Crippen LogP contribution in [0.5, 0.6) is 0 Å². The van der Waals surface area contributed by atoms with E-state index in [0.29, 0.717) is 11.1 Å². The lowest BCUT2D eigenvalue weighted by atomic mass is 9.92. The maximum atomic E-state index is 14.7. The molecule has 2 aromatic rings. The first-order valence-corrected chi connectivity index (χ1v) is 24.6. The molecule has 1 aliphatic heterocycles. The number of esters is 4. The Balaban J connectivity index is 2.27. The van der Waals surface area contributed by atoms with Gasteiger partial charge in [-0.15, -0.1) is 0 Å². The molecule has 0 saturated carbocycles. The molecule has 0 N–H and O–H groups in total. The molecule has 18 heteroatoms. The third-order valence-electron chi connectivity index (χ3n) is 12.5. The van der Waals surface area contributed by atoms with E-state index in [0.717, 1.165) is 30.5 Å². The highest BCUT2D eigenvalue weighted by Gasteiger charge is 2.43. The number of hydrogen-bond donors (Lipinski definition) is 0. The predicted molar refractivity (Wildman–Crippen MR) is 272 cm³/mol. The molecule has 4 amide bonds. The molecule has 16 nitrogen and oxygen atoms in total. The van der Waals surface area contributed by atoms with Gasteiger partial charge in [-0.05, 0) is 74.3 Å². The Kier molecular flexibility index (Phi) is 22.2. The number of carbonyl (C=O) groups excluding carboxylic acids is 8. The average Bonchev–Trinajstić information content (AvgIpc) is 3.28. The van der Waals surface area contributed by atoms with Crippen LogP contribution in [0.1, 0.15) is 106 Å². The highest BCUT2D eigenvalue weighted by atomic mass is 16.6. The molecular formula is C52H78B2N4O12. The summed E-state index contributed by atoms with van der Waals surface area (Å²) in [7, 11) is 9.37. The van der Waals surface area contributed by atoms with Crippen molar-refractivity contribution in [3.05, 3.63) is 59.7 Å². The first kappa shape index (κ1) is 58.6. The van der Waals surface area contributed by atoms with Crippen LogP contribution in [0.3, 0.4) is 0 Å². The molecule has 0 bridgehead atoms. The van der Waals surface area contributed by atoms with E-state index >= 15 is 0 Å². The van der Waals surface area contributed by atoms with Crippen molar-refractivity contribution in [3.8, 4) is 0 Å². The largest absolute Gasteiger partial charge is 0.451 e. The summed E-state index contributed by atoms with van der Waals surface area (Å²) in [6, 6.07) is 9.64. The SMILES string of the molecule is Bc1ccc(C[C@H]2OC(=O)[C@H](CC(C)C)N(C)C(=O)[C@@H](C)OC(=O)[C@H](CC(C)C)N(C)C(=O)[C@@H](Cc3cccc(B)c3)OC(=O)[C@H](CC(C)C)N(C)C(=O)[C@@H](C)OC(=O)[C@H](CC(C)C)N(C)C2=O)cc1. The van der Waals surface area contributed by atoms with Gasteiger partial charge in [-0.25, -0.2) is 19.2 Å². The number of benzene rings is 2. The maximum Gasteiger partial charge on any atom is 0.329 e. The Morgan fingerprint density at radius 1 is 0.429 bits per heavy atom. The molecule has 2 aromatic carbocycles. The summed E-state index contributed by atoms with van der Waals surface area (Å²) in [6.45, 7) is 17.6. The van der Waals surface area contributed by atoms with Gasteiger partial charge in [0.05, 0.1) is 0 Å². The predicted octanol–water partition coefficient (Wildman–Crippen LogP) is 2.18. The smallest absolute Gasteiger partial charge is 0.329 e. The number of amides is 4. The Labute approximate surface area is 417 Å². The number of carbonyl (C=O) groups is 8. The van der Waals surface area contributed by atoms with Crippen molar-refractivity contribution >= 4 is 74.1 Å². The molecule has 1 aliphatic rings. The molecule has 1 saturated heterocycles. The molecule has 0 unspecified atom stereocenters. The molecule has 384 valence electrons. The summed E-state index contributed by atoms with van der Waals surface area (Å²) in [5.41, 5.74) is 3.17. The fraction of sp³-hybridized carbons (Fsp3) is 0.615. The van der Waals surface area contributed by atoms with E-state index in [-0.39, 0.29) is 62.2 Å². The molecule has 1 heterocycles. The van der Waals surface area contributed by atoms with E-state index in [1.54, 1.807) is 24.3 Å². The van der Waals surface area contributed by atoms with Gasteiger partial charge in [0.2, 0.25) is 0 Å². The van der Waals surface area contributed by atoms with Gasteiger partial charge in [-0.2, -0.15) is 0 Å². The van der Waals surface area contributed by atoms with Gasteiger partial charge < -0.3 is 38.5 Å². The topological polar surface area (TPSA) is 186 Å². The van der Waals surface area contributed by atoms with Gasteiger partial charge in [-0.1, -0.05) is 115 Å². The second-order valence-electron chi connectivity index (χ2n) is 20.8. The van der Waals surface area contributed by atoms with Crippen molar-refractivity contribution < 1.29 is 57.3 Å². The average molecular weight is 973 g/mol. The van der Waals surface area contributed by atoms with Crippen molar-refractivity contribution in [1.29, 1.82) is 0 Å². The number of rotatable bonds is 12. The van der Waals surface area contributed by atoms with E-state index in [1.807, 2.05) is 95.3 Å². The Morgan fingerprint density at radius 2 is 0.743 bits per heavy atom. The highest BCUT2D eigenvalue weighted by molar-refractivity contribution is 6.32. The third-order valence-corrected chi connectivity index (χ3v) is 12.5. The van der Waals surface area contributed by atoms with Crippen LogP contribution in [0, 0.1) is 23.7 Å². The van der Waals surface area contributed by atoms with Crippen molar-refractivity contribution in [2.45, 2.75) is 156 Å². The molecular weight excluding hydrogens is 894 g/mol. The summed E-state index contributed by atoms with van der Waals surface area (Å²) >= 11 is 0. The fourth-order valence-corrected chi connectivity index (χ4v) is 8.47. The second-order valence-corrected chi connectivity index (χ2v) is 20.8. The van der Waals surface area contributed by atoms with Gasteiger partial charge in [0.15, 0.2) is 24.4 Å². The summed E-state index contributed by atoms with van der Waals surface area (Å²) in [6.07, 6.45) is -5.58. The molecule has 70 heavy (non-hydrogen) atoms. The van der Waals surface area contributed by atoms with Gasteiger partial charge in [0, 0.05) is 41.0 Å². The van der Waals surface area contributed by atoms with E-state index in [9.17, 15) is 38.4 Å². The number of likely N-dealkylation sites (N-methyl/N-ethyl adjacent to an activating group) is 4. The van der Waals surface area contributed by atoms with Gasteiger partial charge in [0.25, 0.3) is 23.6 Å². The van der Waals surface area contributed by atoms with Gasteiger partial charge in [0.1, 0.15) is 39.9 Å². The summed E-state index contributed by atoms with van der Waals surface area (Å²) < 4.78 is 23.9. The van der Waals surface area contributed by atoms with Gasteiger partial charge >= 0.3 is 23.9 Å². The minimum Gasteiger partial charge on any atom is -0.451 e.